The van der Waals surface area contributed by atoms with Gasteiger partial charge < -0.3 is 14.8 Å². The molecule has 0 atom stereocenters. The van der Waals surface area contributed by atoms with Crippen LogP contribution in [0.5, 0.6) is 0 Å². The number of nitrogens with zero attached hydrogens (tertiary/aromatic N) is 1. The zero-order chi connectivity index (χ0) is 13.2. The molecule has 1 heterocycles. The lowest BCUT2D eigenvalue weighted by molar-refractivity contribution is 0.0691. The van der Waals surface area contributed by atoms with Crippen molar-refractivity contribution in [3.05, 3.63) is 22.3 Å². The minimum absolute atomic E-state index is 0.665. The summed E-state index contributed by atoms with van der Waals surface area (Å²) in [5.41, 5.74) is 1.19. The summed E-state index contributed by atoms with van der Waals surface area (Å²) < 4.78 is 11.3. The van der Waals surface area contributed by atoms with E-state index in [1.165, 1.54) is 5.56 Å². The van der Waals surface area contributed by atoms with Gasteiger partial charge in [0, 0.05) is 26.5 Å². The number of methoxy groups -OCH3 is 1. The largest absolute Gasteiger partial charge is 0.382 e. The van der Waals surface area contributed by atoms with E-state index in [9.17, 15) is 0 Å². The third-order valence-electron chi connectivity index (χ3n) is 2.52. The van der Waals surface area contributed by atoms with Crippen LogP contribution in [0.25, 0.3) is 0 Å². The molecule has 0 aliphatic rings. The Balaban J connectivity index is 2.09. The van der Waals surface area contributed by atoms with Crippen molar-refractivity contribution < 1.29 is 9.47 Å². The molecule has 0 aliphatic heterocycles. The second-order valence-corrected chi connectivity index (χ2v) is 4.82. The number of aromatic nitrogens is 1. The third-order valence-corrected chi connectivity index (χ3v) is 3.52. The van der Waals surface area contributed by atoms with E-state index >= 15 is 0 Å². The topological polar surface area (TPSA) is 43.4 Å². The van der Waals surface area contributed by atoms with Crippen molar-refractivity contribution in [1.82, 2.24) is 4.98 Å². The van der Waals surface area contributed by atoms with Crippen molar-refractivity contribution in [2.24, 2.45) is 0 Å². The summed E-state index contributed by atoms with van der Waals surface area (Å²) in [7, 11) is 1.68. The maximum Gasteiger partial charge on any atom is 0.140 e. The van der Waals surface area contributed by atoms with Gasteiger partial charge in [-0.25, -0.2) is 4.98 Å². The minimum atomic E-state index is 0.665. The highest BCUT2D eigenvalue weighted by molar-refractivity contribution is 9.10. The van der Waals surface area contributed by atoms with E-state index < -0.39 is 0 Å². The monoisotopic (exact) mass is 316 g/mol. The molecule has 1 aromatic rings. The smallest absolute Gasteiger partial charge is 0.140 e. The van der Waals surface area contributed by atoms with Gasteiger partial charge in [-0.15, -0.1) is 0 Å². The van der Waals surface area contributed by atoms with Gasteiger partial charge >= 0.3 is 0 Å². The van der Waals surface area contributed by atoms with Crippen molar-refractivity contribution in [3.63, 3.8) is 0 Å². The lowest BCUT2D eigenvalue weighted by Crippen LogP contribution is -2.07. The number of rotatable bonds is 9. The first-order valence-electron chi connectivity index (χ1n) is 6.17. The zero-order valence-electron chi connectivity index (χ0n) is 11.0. The predicted octanol–water partition coefficient (Wildman–Crippen LogP) is 3.01. The number of halogens is 1. The number of pyridine rings is 1. The molecule has 0 fully saturated rings. The Morgan fingerprint density at radius 1 is 1.28 bits per heavy atom. The fourth-order valence-corrected chi connectivity index (χ4v) is 1.82. The Hall–Kier alpha value is -0.650. The van der Waals surface area contributed by atoms with E-state index in [-0.39, 0.29) is 0 Å². The van der Waals surface area contributed by atoms with E-state index in [1.54, 1.807) is 7.11 Å². The number of aryl methyl sites for hydroxylation is 1. The van der Waals surface area contributed by atoms with Gasteiger partial charge in [-0.2, -0.15) is 0 Å². The quantitative estimate of drug-likeness (QED) is 0.711. The van der Waals surface area contributed by atoms with E-state index in [4.69, 9.17) is 9.47 Å². The van der Waals surface area contributed by atoms with Crippen molar-refractivity contribution >= 4 is 21.7 Å². The Labute approximate surface area is 117 Å². The van der Waals surface area contributed by atoms with Crippen LogP contribution < -0.4 is 5.32 Å². The van der Waals surface area contributed by atoms with Gasteiger partial charge in [0.05, 0.1) is 17.7 Å². The molecule has 0 saturated heterocycles. The van der Waals surface area contributed by atoms with Gasteiger partial charge in [0.1, 0.15) is 5.82 Å². The molecule has 18 heavy (non-hydrogen) atoms. The Morgan fingerprint density at radius 2 is 2.11 bits per heavy atom. The van der Waals surface area contributed by atoms with Crippen LogP contribution in [0, 0.1) is 6.92 Å². The van der Waals surface area contributed by atoms with Gasteiger partial charge in [-0.3, -0.25) is 0 Å². The van der Waals surface area contributed by atoms with E-state index in [0.717, 1.165) is 36.3 Å². The van der Waals surface area contributed by atoms with Gasteiger partial charge in [0.2, 0.25) is 0 Å². The molecular formula is C13H21BrN2O2. The highest BCUT2D eigenvalue weighted by Crippen LogP contribution is 2.22. The molecule has 0 unspecified atom stereocenters. The van der Waals surface area contributed by atoms with Crippen LogP contribution >= 0.6 is 15.9 Å². The predicted molar refractivity (Wildman–Crippen MR) is 77.1 cm³/mol. The molecule has 0 radical (unpaired) electrons. The second-order valence-electron chi connectivity index (χ2n) is 4.03. The lowest BCUT2D eigenvalue weighted by atomic mass is 10.3. The molecule has 0 spiro atoms. The second kappa shape index (κ2) is 9.30. The summed E-state index contributed by atoms with van der Waals surface area (Å²) in [5, 5.41) is 3.32. The molecular weight excluding hydrogens is 296 g/mol. The van der Waals surface area contributed by atoms with Gasteiger partial charge in [-0.1, -0.05) is 0 Å². The molecule has 4 nitrogen and oxygen atoms in total. The van der Waals surface area contributed by atoms with Crippen molar-refractivity contribution in [1.29, 1.82) is 0 Å². The molecule has 1 N–H and O–H groups in total. The molecule has 0 saturated carbocycles. The number of hydrogen-bond donors (Lipinski definition) is 1. The first kappa shape index (κ1) is 15.4. The number of anilines is 1. The Bertz CT molecular complexity index is 348. The number of unbranched alkanes of at least 4 members (excludes halogenated alkanes) is 1. The fourth-order valence-electron chi connectivity index (χ4n) is 1.44. The van der Waals surface area contributed by atoms with Crippen LogP contribution in [0.4, 0.5) is 5.82 Å². The summed E-state index contributed by atoms with van der Waals surface area (Å²) in [6, 6.07) is 1.99. The van der Waals surface area contributed by atoms with Crippen LogP contribution in [0.15, 0.2) is 16.7 Å². The van der Waals surface area contributed by atoms with Crippen LogP contribution in [0.1, 0.15) is 18.4 Å². The maximum atomic E-state index is 5.39. The van der Waals surface area contributed by atoms with E-state index in [1.807, 2.05) is 12.3 Å². The first-order chi connectivity index (χ1) is 8.75. The molecule has 102 valence electrons. The van der Waals surface area contributed by atoms with E-state index in [0.29, 0.717) is 13.2 Å². The van der Waals surface area contributed by atoms with Gasteiger partial charge in [-0.05, 0) is 47.3 Å². The minimum Gasteiger partial charge on any atom is -0.382 e. The lowest BCUT2D eigenvalue weighted by Gasteiger charge is -2.09. The fraction of sp³-hybridized carbons (Fsp3) is 0.615. The van der Waals surface area contributed by atoms with Crippen molar-refractivity contribution in [2.45, 2.75) is 19.8 Å². The molecule has 0 aliphatic carbocycles. The third kappa shape index (κ3) is 5.80. The Kier molecular flexibility index (Phi) is 7.96. The van der Waals surface area contributed by atoms with Crippen LogP contribution in [0.2, 0.25) is 0 Å². The molecule has 0 aromatic carbocycles. The summed E-state index contributed by atoms with van der Waals surface area (Å²) in [6.45, 7) is 5.09. The molecule has 1 aromatic heterocycles. The van der Waals surface area contributed by atoms with Gasteiger partial charge in [0.25, 0.3) is 0 Å². The maximum absolute atomic E-state index is 5.39. The number of ether oxygens (including phenoxy) is 2. The zero-order valence-corrected chi connectivity index (χ0v) is 12.6. The van der Waals surface area contributed by atoms with Crippen LogP contribution in [0.3, 0.4) is 0 Å². The molecule has 5 heteroatoms. The molecule has 0 bridgehead atoms. The normalized spacial score (nSPS) is 10.6. The van der Waals surface area contributed by atoms with Gasteiger partial charge in [0.15, 0.2) is 0 Å². The van der Waals surface area contributed by atoms with E-state index in [2.05, 4.69) is 33.2 Å². The van der Waals surface area contributed by atoms with Crippen LogP contribution in [-0.2, 0) is 9.47 Å². The summed E-state index contributed by atoms with van der Waals surface area (Å²) in [5.74, 6) is 0.912. The Morgan fingerprint density at radius 3 is 2.89 bits per heavy atom. The van der Waals surface area contributed by atoms with Crippen LogP contribution in [-0.4, -0.2) is 38.5 Å². The highest BCUT2D eigenvalue weighted by atomic mass is 79.9. The molecule has 1 rings (SSSR count). The average Bonchev–Trinajstić information content (AvgIpc) is 2.37. The van der Waals surface area contributed by atoms with Crippen molar-refractivity contribution in [3.8, 4) is 0 Å². The number of hydrogen-bond acceptors (Lipinski definition) is 4. The average molecular weight is 317 g/mol. The standard InChI is InChI=1S/C13H21BrN2O2/c1-11-5-7-16-13(12(11)14)15-6-3-4-8-18-10-9-17-2/h5,7H,3-4,6,8-10H2,1-2H3,(H,15,16). The summed E-state index contributed by atoms with van der Waals surface area (Å²) >= 11 is 3.53. The molecule has 0 amide bonds. The summed E-state index contributed by atoms with van der Waals surface area (Å²) in [4.78, 5) is 4.29. The van der Waals surface area contributed by atoms with Crippen molar-refractivity contribution in [2.75, 3.05) is 38.8 Å². The highest BCUT2D eigenvalue weighted by Gasteiger charge is 2.02. The SMILES string of the molecule is COCCOCCCCNc1nccc(C)c1Br. The number of nitrogens with one attached hydrogen (secondary N) is 1. The summed E-state index contributed by atoms with van der Waals surface area (Å²) in [6.07, 6.45) is 3.92. The first-order valence-corrected chi connectivity index (χ1v) is 6.96.